The van der Waals surface area contributed by atoms with Crippen LogP contribution in [0, 0.1) is 11.3 Å². The van der Waals surface area contributed by atoms with E-state index >= 15 is 0 Å². The van der Waals surface area contributed by atoms with Crippen molar-refractivity contribution in [3.05, 3.63) is 23.9 Å². The third-order valence-electron chi connectivity index (χ3n) is 6.95. The zero-order valence-corrected chi connectivity index (χ0v) is 18.6. The summed E-state index contributed by atoms with van der Waals surface area (Å²) in [6, 6.07) is 7.24. The summed E-state index contributed by atoms with van der Waals surface area (Å²) < 4.78 is 0. The van der Waals surface area contributed by atoms with Crippen LogP contribution >= 0.6 is 0 Å². The molecular formula is C23H38N6O. The molecule has 1 aromatic heterocycles. The van der Waals surface area contributed by atoms with E-state index in [1.807, 2.05) is 18.2 Å². The van der Waals surface area contributed by atoms with E-state index in [2.05, 4.69) is 33.9 Å². The maximum absolute atomic E-state index is 10.1. The number of anilines is 1. The van der Waals surface area contributed by atoms with Crippen molar-refractivity contribution >= 4 is 11.7 Å². The van der Waals surface area contributed by atoms with Crippen molar-refractivity contribution in [1.29, 1.82) is 5.41 Å². The van der Waals surface area contributed by atoms with Gasteiger partial charge in [0.25, 0.3) is 0 Å². The Kier molecular flexibility index (Phi) is 6.91. The molecule has 3 fully saturated rings. The maximum atomic E-state index is 10.1. The molecule has 1 saturated carbocycles. The van der Waals surface area contributed by atoms with Gasteiger partial charge in [-0.05, 0) is 71.2 Å². The van der Waals surface area contributed by atoms with E-state index in [1.165, 1.54) is 25.9 Å². The summed E-state index contributed by atoms with van der Waals surface area (Å²) in [5, 5.41) is 21.3. The number of amidine groups is 1. The van der Waals surface area contributed by atoms with Crippen LogP contribution in [0.2, 0.25) is 0 Å². The van der Waals surface area contributed by atoms with Gasteiger partial charge < -0.3 is 20.2 Å². The van der Waals surface area contributed by atoms with Crippen LogP contribution in [0.25, 0.3) is 0 Å². The highest BCUT2D eigenvalue weighted by atomic mass is 16.3. The molecule has 3 aliphatic rings. The molecule has 0 aromatic carbocycles. The Labute approximate surface area is 181 Å². The van der Waals surface area contributed by atoms with Crippen molar-refractivity contribution < 1.29 is 5.11 Å². The smallest absolute Gasteiger partial charge is 0.146 e. The number of hydrogen-bond donors (Lipinski definition) is 3. The minimum Gasteiger partial charge on any atom is -0.373 e. The summed E-state index contributed by atoms with van der Waals surface area (Å²) in [4.78, 5) is 12.4. The molecule has 1 aliphatic carbocycles. The van der Waals surface area contributed by atoms with E-state index in [4.69, 9.17) is 10.4 Å². The molecule has 166 valence electrons. The van der Waals surface area contributed by atoms with E-state index in [0.29, 0.717) is 17.8 Å². The van der Waals surface area contributed by atoms with E-state index in [0.717, 1.165) is 51.3 Å². The van der Waals surface area contributed by atoms with E-state index in [-0.39, 0.29) is 11.8 Å². The van der Waals surface area contributed by atoms with Crippen molar-refractivity contribution in [1.82, 2.24) is 20.1 Å². The molecular weight excluding hydrogens is 376 g/mol. The Bertz CT molecular complexity index is 713. The van der Waals surface area contributed by atoms with Crippen molar-refractivity contribution in [2.24, 2.45) is 5.92 Å². The molecule has 7 nitrogen and oxygen atoms in total. The lowest BCUT2D eigenvalue weighted by molar-refractivity contribution is 0.0965. The lowest BCUT2D eigenvalue weighted by atomic mass is 10.0. The van der Waals surface area contributed by atoms with Gasteiger partial charge in [-0.3, -0.25) is 10.3 Å². The summed E-state index contributed by atoms with van der Waals surface area (Å²) >= 11 is 0. The highest BCUT2D eigenvalue weighted by Crippen LogP contribution is 2.31. The van der Waals surface area contributed by atoms with Crippen LogP contribution in [-0.4, -0.2) is 83.3 Å². The first-order valence-electron chi connectivity index (χ1n) is 11.7. The standard InChI is InChI=1S/C23H38N6O/c1-17(2)27-13-9-19(10-14-27)28-11-4-12-29(16-15-28)21-6-3-5-20(25-21)22(24)26-23(30)18-7-8-18/h3,5-6,17-19,23,30H,4,7-16H2,1-2H3,(H2,24,26). The Morgan fingerprint density at radius 2 is 1.83 bits per heavy atom. The largest absolute Gasteiger partial charge is 0.373 e. The Balaban J connectivity index is 1.32. The quantitative estimate of drug-likeness (QED) is 0.376. The lowest BCUT2D eigenvalue weighted by Gasteiger charge is -2.39. The molecule has 0 radical (unpaired) electrons. The van der Waals surface area contributed by atoms with E-state index < -0.39 is 6.23 Å². The van der Waals surface area contributed by atoms with Crippen LogP contribution in [0.5, 0.6) is 0 Å². The second-order valence-electron chi connectivity index (χ2n) is 9.42. The highest BCUT2D eigenvalue weighted by Gasteiger charge is 2.31. The van der Waals surface area contributed by atoms with Crippen LogP contribution < -0.4 is 10.2 Å². The van der Waals surface area contributed by atoms with Gasteiger partial charge in [-0.15, -0.1) is 0 Å². The Morgan fingerprint density at radius 3 is 2.53 bits per heavy atom. The average molecular weight is 415 g/mol. The second kappa shape index (κ2) is 9.62. The van der Waals surface area contributed by atoms with Gasteiger partial charge in [0.2, 0.25) is 0 Å². The molecule has 3 heterocycles. The van der Waals surface area contributed by atoms with Crippen LogP contribution in [0.1, 0.15) is 51.6 Å². The first kappa shape index (κ1) is 21.5. The molecule has 1 atom stereocenters. The molecule has 2 aliphatic heterocycles. The number of aromatic nitrogens is 1. The van der Waals surface area contributed by atoms with Crippen molar-refractivity contribution in [3.8, 4) is 0 Å². The second-order valence-corrected chi connectivity index (χ2v) is 9.42. The molecule has 3 N–H and O–H groups in total. The van der Waals surface area contributed by atoms with Crippen molar-refractivity contribution in [3.63, 3.8) is 0 Å². The summed E-state index contributed by atoms with van der Waals surface area (Å²) in [6.45, 7) is 11.2. The number of likely N-dealkylation sites (tertiary alicyclic amines) is 1. The number of piperidine rings is 1. The third kappa shape index (κ3) is 5.31. The monoisotopic (exact) mass is 414 g/mol. The predicted octanol–water partition coefficient (Wildman–Crippen LogP) is 2.11. The van der Waals surface area contributed by atoms with Gasteiger partial charge >= 0.3 is 0 Å². The fraction of sp³-hybridized carbons (Fsp3) is 0.739. The van der Waals surface area contributed by atoms with Gasteiger partial charge in [0.05, 0.1) is 0 Å². The summed E-state index contributed by atoms with van der Waals surface area (Å²) in [7, 11) is 0. The first-order valence-corrected chi connectivity index (χ1v) is 11.7. The van der Waals surface area contributed by atoms with E-state index in [9.17, 15) is 5.11 Å². The minimum atomic E-state index is -0.628. The molecule has 4 rings (SSSR count). The molecule has 2 saturated heterocycles. The summed E-state index contributed by atoms with van der Waals surface area (Å²) in [5.74, 6) is 1.44. The molecule has 30 heavy (non-hydrogen) atoms. The van der Waals surface area contributed by atoms with Gasteiger partial charge in [-0.1, -0.05) is 6.07 Å². The van der Waals surface area contributed by atoms with Gasteiger partial charge in [0.15, 0.2) is 0 Å². The molecule has 1 unspecified atom stereocenters. The molecule has 0 amide bonds. The van der Waals surface area contributed by atoms with Gasteiger partial charge in [0.1, 0.15) is 23.6 Å². The number of hydrogen-bond acceptors (Lipinski definition) is 6. The number of pyridine rings is 1. The van der Waals surface area contributed by atoms with Crippen LogP contribution in [-0.2, 0) is 0 Å². The SMILES string of the molecule is CC(C)N1CCC(N2CCCN(c3cccc(C(=N)NC(O)C4CC4)n3)CC2)CC1. The molecule has 0 spiro atoms. The van der Waals surface area contributed by atoms with Gasteiger partial charge in [0, 0.05) is 44.2 Å². The number of nitrogens with zero attached hydrogens (tertiary/aromatic N) is 4. The van der Waals surface area contributed by atoms with Gasteiger partial charge in [-0.2, -0.15) is 0 Å². The van der Waals surface area contributed by atoms with E-state index in [1.54, 1.807) is 0 Å². The Morgan fingerprint density at radius 1 is 1.07 bits per heavy atom. The Hall–Kier alpha value is -1.70. The highest BCUT2D eigenvalue weighted by molar-refractivity contribution is 5.94. The first-order chi connectivity index (χ1) is 14.5. The van der Waals surface area contributed by atoms with Crippen molar-refractivity contribution in [2.45, 2.75) is 64.3 Å². The summed E-state index contributed by atoms with van der Waals surface area (Å²) in [5.41, 5.74) is 0.606. The summed E-state index contributed by atoms with van der Waals surface area (Å²) in [6.07, 6.45) is 5.14. The van der Waals surface area contributed by atoms with Crippen LogP contribution in [0.15, 0.2) is 18.2 Å². The zero-order chi connectivity index (χ0) is 21.1. The predicted molar refractivity (Wildman–Crippen MR) is 121 cm³/mol. The normalized spacial score (nSPS) is 23.4. The minimum absolute atomic E-state index is 0.213. The zero-order valence-electron chi connectivity index (χ0n) is 18.6. The van der Waals surface area contributed by atoms with Gasteiger partial charge in [-0.25, -0.2) is 4.98 Å². The van der Waals surface area contributed by atoms with Crippen LogP contribution in [0.4, 0.5) is 5.82 Å². The number of aliphatic hydroxyl groups excluding tert-OH is 1. The molecule has 0 bridgehead atoms. The number of aliphatic hydroxyl groups is 1. The average Bonchev–Trinajstić information content (AvgIpc) is 3.61. The fourth-order valence-corrected chi connectivity index (χ4v) is 4.79. The van der Waals surface area contributed by atoms with Crippen LogP contribution in [0.3, 0.4) is 0 Å². The topological polar surface area (TPSA) is 78.7 Å². The number of nitrogens with one attached hydrogen (secondary N) is 2. The lowest BCUT2D eigenvalue weighted by Crippen LogP contribution is -2.47. The molecule has 1 aromatic rings. The van der Waals surface area contributed by atoms with Crippen molar-refractivity contribution in [2.75, 3.05) is 44.2 Å². The number of rotatable bonds is 6. The fourth-order valence-electron chi connectivity index (χ4n) is 4.79. The maximum Gasteiger partial charge on any atom is 0.146 e. The molecule has 7 heteroatoms. The third-order valence-corrected chi connectivity index (χ3v) is 6.95.